The molecule has 0 aliphatic rings. The lowest BCUT2D eigenvalue weighted by molar-refractivity contribution is -0.135. The van der Waals surface area contributed by atoms with Crippen molar-refractivity contribution in [2.45, 2.75) is 0 Å². The lowest BCUT2D eigenvalue weighted by atomic mass is 10.7. The van der Waals surface area contributed by atoms with Crippen LogP contribution in [-0.4, -0.2) is 30.0 Å². The normalized spacial score (nSPS) is 7.44. The molecule has 0 radical (unpaired) electrons. The van der Waals surface area contributed by atoms with Crippen molar-refractivity contribution in [1.29, 1.82) is 0 Å². The van der Waals surface area contributed by atoms with E-state index < -0.39 is 5.97 Å². The van der Waals surface area contributed by atoms with Gasteiger partial charge in [-0.1, -0.05) is 0 Å². The molecule has 0 rings (SSSR count). The van der Waals surface area contributed by atoms with Crippen LogP contribution in [0.4, 0.5) is 0 Å². The summed E-state index contributed by atoms with van der Waals surface area (Å²) in [5, 5.41) is 7.60. The van der Waals surface area contributed by atoms with Crippen LogP contribution in [0.3, 0.4) is 0 Å². The highest BCUT2D eigenvalue weighted by atomic mass is 35.5. The molecule has 0 heterocycles. The van der Waals surface area contributed by atoms with E-state index in [1.165, 1.54) is 0 Å². The summed E-state index contributed by atoms with van der Waals surface area (Å²) in [5.74, 6) is -0.398. The Labute approximate surface area is 58.8 Å². The molecule has 0 atom stereocenters. The van der Waals surface area contributed by atoms with E-state index in [9.17, 15) is 4.79 Å². The first-order chi connectivity index (χ1) is 4.18. The second-order valence-corrected chi connectivity index (χ2v) is 1.45. The molecule has 9 heavy (non-hydrogen) atoms. The zero-order chi connectivity index (χ0) is 7.70. The van der Waals surface area contributed by atoms with E-state index in [4.69, 9.17) is 22.4 Å². The van der Waals surface area contributed by atoms with Gasteiger partial charge < -0.3 is 16.6 Å². The molecule has 0 fully saturated rings. The fourth-order valence-corrected chi connectivity index (χ4v) is 0. The first kappa shape index (κ1) is 11.5. The fraction of sp³-hybridized carbons (Fsp3) is 0.750. The van der Waals surface area contributed by atoms with E-state index in [0.717, 1.165) is 0 Å². The number of carboxylic acid groups (broad SMARTS) is 1. The number of hydrogen-bond acceptors (Lipinski definition) is 3. The van der Waals surface area contributed by atoms with E-state index in [1.54, 1.807) is 0 Å². The molecule has 0 aromatic heterocycles. The van der Waals surface area contributed by atoms with Crippen molar-refractivity contribution >= 4 is 17.6 Å². The Balaban J connectivity index is 0. The maximum absolute atomic E-state index is 9.24. The van der Waals surface area contributed by atoms with Crippen molar-refractivity contribution in [3.63, 3.8) is 0 Å². The summed E-state index contributed by atoms with van der Waals surface area (Å²) in [6.45, 7) is 0.307. The van der Waals surface area contributed by atoms with Gasteiger partial charge in [-0.15, -0.1) is 11.6 Å². The van der Waals surface area contributed by atoms with Crippen LogP contribution in [-0.2, 0) is 4.79 Å². The average molecular weight is 155 g/mol. The number of nitrogens with two attached hydrogens (primary N) is 2. The fourth-order valence-electron chi connectivity index (χ4n) is 0. The largest absolute Gasteiger partial charge is 0.480 e. The van der Waals surface area contributed by atoms with Gasteiger partial charge in [0.05, 0.1) is 6.54 Å². The topological polar surface area (TPSA) is 89.3 Å². The van der Waals surface area contributed by atoms with Gasteiger partial charge in [-0.3, -0.25) is 4.79 Å². The molecule has 0 aromatic carbocycles. The van der Waals surface area contributed by atoms with Crippen LogP contribution in [0.1, 0.15) is 0 Å². The highest BCUT2D eigenvalue weighted by Crippen LogP contribution is 1.60. The number of carboxylic acids is 1. The minimum Gasteiger partial charge on any atom is -0.480 e. The summed E-state index contributed by atoms with van der Waals surface area (Å²) in [7, 11) is 0. The number of alkyl halides is 1. The molecule has 0 bridgehead atoms. The number of halogens is 1. The predicted octanol–water partition coefficient (Wildman–Crippen LogP) is -0.786. The van der Waals surface area contributed by atoms with Crippen LogP contribution in [0.5, 0.6) is 0 Å². The maximum atomic E-state index is 9.24. The van der Waals surface area contributed by atoms with Gasteiger partial charge in [0.25, 0.3) is 0 Å². The summed E-state index contributed by atoms with van der Waals surface area (Å²) in [6, 6.07) is 0. The minimum atomic E-state index is -0.968. The summed E-state index contributed by atoms with van der Waals surface area (Å²) >= 11 is 5.06. The Kier molecular flexibility index (Phi) is 13.5. The molecule has 0 amide bonds. The SMILES string of the molecule is NCC(=O)O.NCCCl. The molecule has 0 aliphatic carbocycles. The van der Waals surface area contributed by atoms with E-state index in [-0.39, 0.29) is 6.54 Å². The number of rotatable bonds is 2. The first-order valence-corrected chi connectivity index (χ1v) is 2.90. The zero-order valence-corrected chi connectivity index (χ0v) is 5.77. The van der Waals surface area contributed by atoms with Gasteiger partial charge in [-0.25, -0.2) is 0 Å². The maximum Gasteiger partial charge on any atom is 0.317 e. The molecular weight excluding hydrogens is 144 g/mol. The number of hydrogen-bond donors (Lipinski definition) is 3. The summed E-state index contributed by atoms with van der Waals surface area (Å²) in [5.41, 5.74) is 9.47. The summed E-state index contributed by atoms with van der Waals surface area (Å²) < 4.78 is 0. The minimum absolute atomic E-state index is 0.278. The van der Waals surface area contributed by atoms with Crippen molar-refractivity contribution < 1.29 is 9.90 Å². The monoisotopic (exact) mass is 154 g/mol. The van der Waals surface area contributed by atoms with Gasteiger partial charge in [0.1, 0.15) is 0 Å². The van der Waals surface area contributed by atoms with Crippen LogP contribution in [0.2, 0.25) is 0 Å². The second-order valence-electron chi connectivity index (χ2n) is 1.08. The highest BCUT2D eigenvalue weighted by molar-refractivity contribution is 6.18. The zero-order valence-electron chi connectivity index (χ0n) is 5.01. The Morgan fingerprint density at radius 3 is 1.78 bits per heavy atom. The third-order valence-corrected chi connectivity index (χ3v) is 0.502. The Hall–Kier alpha value is -0.320. The molecule has 0 unspecified atom stereocenters. The Bertz CT molecular complexity index is 67.6. The molecule has 56 valence electrons. The van der Waals surface area contributed by atoms with Crippen LogP contribution >= 0.6 is 11.6 Å². The van der Waals surface area contributed by atoms with Crippen molar-refractivity contribution in [2.75, 3.05) is 19.0 Å². The van der Waals surface area contributed by atoms with Crippen molar-refractivity contribution in [3.05, 3.63) is 0 Å². The average Bonchev–Trinajstić information content (AvgIpc) is 1.89. The molecule has 0 spiro atoms. The van der Waals surface area contributed by atoms with Crippen molar-refractivity contribution in [1.82, 2.24) is 0 Å². The quantitative estimate of drug-likeness (QED) is 0.455. The lowest BCUT2D eigenvalue weighted by Crippen LogP contribution is -2.10. The second kappa shape index (κ2) is 10.6. The van der Waals surface area contributed by atoms with E-state index in [0.29, 0.717) is 12.4 Å². The first-order valence-electron chi connectivity index (χ1n) is 2.37. The number of carbonyl (C=O) groups is 1. The van der Waals surface area contributed by atoms with Gasteiger partial charge in [0.2, 0.25) is 0 Å². The van der Waals surface area contributed by atoms with E-state index in [1.807, 2.05) is 0 Å². The Morgan fingerprint density at radius 2 is 1.78 bits per heavy atom. The molecule has 0 saturated carbocycles. The van der Waals surface area contributed by atoms with Gasteiger partial charge in [-0.2, -0.15) is 0 Å². The summed E-state index contributed by atoms with van der Waals surface area (Å²) in [4.78, 5) is 9.24. The van der Waals surface area contributed by atoms with Gasteiger partial charge in [0.15, 0.2) is 0 Å². The van der Waals surface area contributed by atoms with Crippen LogP contribution < -0.4 is 11.5 Å². The lowest BCUT2D eigenvalue weighted by Gasteiger charge is -1.73. The van der Waals surface area contributed by atoms with Gasteiger partial charge >= 0.3 is 5.97 Å². The Morgan fingerprint density at radius 1 is 1.56 bits per heavy atom. The van der Waals surface area contributed by atoms with Crippen molar-refractivity contribution in [2.24, 2.45) is 11.5 Å². The van der Waals surface area contributed by atoms with Crippen molar-refractivity contribution in [3.8, 4) is 0 Å². The highest BCUT2D eigenvalue weighted by Gasteiger charge is 1.81. The molecule has 0 saturated heterocycles. The molecule has 5 heteroatoms. The predicted molar refractivity (Wildman–Crippen MR) is 36.5 cm³/mol. The smallest absolute Gasteiger partial charge is 0.317 e. The third-order valence-electron chi connectivity index (χ3n) is 0.284. The van der Waals surface area contributed by atoms with E-state index in [2.05, 4.69) is 5.73 Å². The van der Waals surface area contributed by atoms with Crippen LogP contribution in [0.25, 0.3) is 0 Å². The molecule has 4 nitrogen and oxygen atoms in total. The van der Waals surface area contributed by atoms with Crippen LogP contribution in [0, 0.1) is 0 Å². The van der Waals surface area contributed by atoms with Gasteiger partial charge in [-0.05, 0) is 0 Å². The molecule has 0 aliphatic heterocycles. The van der Waals surface area contributed by atoms with Gasteiger partial charge in [0, 0.05) is 12.4 Å². The van der Waals surface area contributed by atoms with Crippen LogP contribution in [0.15, 0.2) is 0 Å². The summed E-state index contributed by atoms with van der Waals surface area (Å²) in [6.07, 6.45) is 0. The standard InChI is InChI=1S/C2H6ClN.C2H5NO2/c3-1-2-4;3-1-2(4)5/h1-2,4H2;1,3H2,(H,4,5). The third kappa shape index (κ3) is 34.5. The molecule has 0 aromatic rings. The van der Waals surface area contributed by atoms with E-state index >= 15 is 0 Å². The number of aliphatic carboxylic acids is 1. The molecular formula is C4H11ClN2O2. The molecule has 5 N–H and O–H groups in total.